The molecule has 0 fully saturated rings. The minimum atomic E-state index is -0.798. The highest BCUT2D eigenvalue weighted by molar-refractivity contribution is 7.84. The Morgan fingerprint density at radius 3 is 2.53 bits per heavy atom. The maximum atomic E-state index is 11.5. The van der Waals surface area contributed by atoms with Crippen LogP contribution in [0.25, 0.3) is 0 Å². The van der Waals surface area contributed by atoms with Crippen LogP contribution in [0.1, 0.15) is 33.1 Å². The molecule has 5 heteroatoms. The maximum absolute atomic E-state index is 11.5. The van der Waals surface area contributed by atoms with Crippen LogP contribution in [0.5, 0.6) is 0 Å². The highest BCUT2D eigenvalue weighted by Crippen LogP contribution is 1.97. The summed E-state index contributed by atoms with van der Waals surface area (Å²) in [5.41, 5.74) is 5.66. The van der Waals surface area contributed by atoms with E-state index < -0.39 is 16.8 Å². The second-order valence-electron chi connectivity index (χ2n) is 3.87. The minimum absolute atomic E-state index is 0.0457. The van der Waals surface area contributed by atoms with Crippen molar-refractivity contribution in [1.82, 2.24) is 5.32 Å². The van der Waals surface area contributed by atoms with Crippen LogP contribution < -0.4 is 11.1 Å². The average Bonchev–Trinajstić information content (AvgIpc) is 2.15. The smallest absolute Gasteiger partial charge is 0.237 e. The topological polar surface area (TPSA) is 72.2 Å². The van der Waals surface area contributed by atoms with E-state index in [2.05, 4.69) is 5.32 Å². The van der Waals surface area contributed by atoms with Crippen LogP contribution >= 0.6 is 0 Å². The number of amides is 1. The highest BCUT2D eigenvalue weighted by atomic mass is 32.2. The van der Waals surface area contributed by atoms with Gasteiger partial charge in [0.05, 0.1) is 6.04 Å². The first kappa shape index (κ1) is 14.6. The summed E-state index contributed by atoms with van der Waals surface area (Å²) in [5.74, 6) is 0.510. The normalized spacial score (nSPS) is 16.8. The summed E-state index contributed by atoms with van der Waals surface area (Å²) in [6, 6.07) is -0.367. The highest BCUT2D eigenvalue weighted by Gasteiger charge is 2.14. The second kappa shape index (κ2) is 7.82. The fourth-order valence-corrected chi connectivity index (χ4v) is 1.89. The molecule has 0 spiro atoms. The van der Waals surface area contributed by atoms with Gasteiger partial charge in [-0.05, 0) is 19.8 Å². The van der Waals surface area contributed by atoms with Crippen LogP contribution in [0.3, 0.4) is 0 Å². The molecule has 0 aromatic rings. The van der Waals surface area contributed by atoms with Gasteiger partial charge in [-0.15, -0.1) is 0 Å². The number of hydrogen-bond acceptors (Lipinski definition) is 3. The molecule has 0 radical (unpaired) electrons. The largest absolute Gasteiger partial charge is 0.352 e. The molecule has 0 bridgehead atoms. The molecular weight excluding hydrogens is 212 g/mol. The lowest BCUT2D eigenvalue weighted by atomic mass is 10.1. The Hall–Kier alpha value is -0.420. The zero-order valence-corrected chi connectivity index (χ0v) is 10.6. The molecule has 0 aromatic carbocycles. The molecule has 15 heavy (non-hydrogen) atoms. The quantitative estimate of drug-likeness (QED) is 0.669. The van der Waals surface area contributed by atoms with E-state index in [0.29, 0.717) is 12.2 Å². The number of nitrogens with one attached hydrogen (secondary N) is 1. The molecule has 0 rings (SSSR count). The molecule has 0 aliphatic rings. The van der Waals surface area contributed by atoms with Crippen molar-refractivity contribution in [3.63, 3.8) is 0 Å². The molecule has 0 aliphatic heterocycles. The third-order valence-electron chi connectivity index (χ3n) is 2.16. The number of carbonyl (C=O) groups excluding carboxylic acids is 1. The van der Waals surface area contributed by atoms with Crippen LogP contribution in [-0.2, 0) is 15.6 Å². The van der Waals surface area contributed by atoms with Crippen molar-refractivity contribution in [2.24, 2.45) is 5.73 Å². The van der Waals surface area contributed by atoms with Gasteiger partial charge in [-0.3, -0.25) is 9.00 Å². The van der Waals surface area contributed by atoms with E-state index in [1.165, 1.54) is 0 Å². The number of hydrogen-bond donors (Lipinski definition) is 2. The van der Waals surface area contributed by atoms with Gasteiger partial charge in [0.2, 0.25) is 5.91 Å². The van der Waals surface area contributed by atoms with Gasteiger partial charge in [0, 0.05) is 28.9 Å². The van der Waals surface area contributed by atoms with Crippen LogP contribution in [-0.4, -0.2) is 34.2 Å². The Labute approximate surface area is 94.4 Å². The Morgan fingerprint density at radius 2 is 2.07 bits per heavy atom. The molecule has 0 saturated carbocycles. The molecule has 1 amide bonds. The lowest BCUT2D eigenvalue weighted by Gasteiger charge is -2.16. The summed E-state index contributed by atoms with van der Waals surface area (Å²) in [7, 11) is -0.798. The van der Waals surface area contributed by atoms with Gasteiger partial charge >= 0.3 is 0 Å². The molecule has 0 aliphatic carbocycles. The van der Waals surface area contributed by atoms with Gasteiger partial charge in [-0.25, -0.2) is 0 Å². The molecule has 4 nitrogen and oxygen atoms in total. The first-order valence-electron chi connectivity index (χ1n) is 5.33. The molecular formula is C10H22N2O2S. The number of carbonyl (C=O) groups is 1. The Bertz CT molecular complexity index is 221. The van der Waals surface area contributed by atoms with E-state index in [1.54, 1.807) is 6.26 Å². The van der Waals surface area contributed by atoms with Crippen LogP contribution in [0.4, 0.5) is 0 Å². The van der Waals surface area contributed by atoms with Crippen molar-refractivity contribution in [3.8, 4) is 0 Å². The Morgan fingerprint density at radius 1 is 1.47 bits per heavy atom. The Balaban J connectivity index is 3.79. The predicted molar refractivity (Wildman–Crippen MR) is 64.0 cm³/mol. The maximum Gasteiger partial charge on any atom is 0.237 e. The lowest BCUT2D eigenvalue weighted by Crippen LogP contribution is -2.44. The van der Waals surface area contributed by atoms with Crippen molar-refractivity contribution in [3.05, 3.63) is 0 Å². The fourth-order valence-electron chi connectivity index (χ4n) is 1.21. The van der Waals surface area contributed by atoms with Crippen molar-refractivity contribution < 1.29 is 9.00 Å². The first-order valence-corrected chi connectivity index (χ1v) is 7.06. The van der Waals surface area contributed by atoms with Crippen LogP contribution in [0, 0.1) is 0 Å². The zero-order chi connectivity index (χ0) is 11.8. The number of rotatable bonds is 7. The summed E-state index contributed by atoms with van der Waals surface area (Å²) < 4.78 is 10.8. The standard InChI is InChI=1S/C10H22N2O2S/c1-4-5-9(11)10(13)12-8(2)6-7-15(3)14/h8-9H,4-7,11H2,1-3H3,(H,12,13). The predicted octanol–water partition coefficient (Wildman–Crippen LogP) is 0.387. The van der Waals surface area contributed by atoms with Crippen molar-refractivity contribution in [1.29, 1.82) is 0 Å². The SMILES string of the molecule is CCCC(N)C(=O)NC(C)CCS(C)=O. The molecule has 90 valence electrons. The van der Waals surface area contributed by atoms with Gasteiger partial charge in [0.25, 0.3) is 0 Å². The van der Waals surface area contributed by atoms with Gasteiger partial charge in [0.15, 0.2) is 0 Å². The summed E-state index contributed by atoms with van der Waals surface area (Å²) >= 11 is 0. The fraction of sp³-hybridized carbons (Fsp3) is 0.900. The van der Waals surface area contributed by atoms with Crippen molar-refractivity contribution >= 4 is 16.7 Å². The third kappa shape index (κ3) is 7.50. The second-order valence-corrected chi connectivity index (χ2v) is 5.43. The molecule has 3 atom stereocenters. The first-order chi connectivity index (χ1) is 6.97. The summed E-state index contributed by atoms with van der Waals surface area (Å²) in [5, 5.41) is 2.82. The monoisotopic (exact) mass is 234 g/mol. The Kier molecular flexibility index (Phi) is 7.60. The van der Waals surface area contributed by atoms with Gasteiger partial charge in [-0.2, -0.15) is 0 Å². The molecule has 0 aromatic heterocycles. The van der Waals surface area contributed by atoms with Gasteiger partial charge in [0.1, 0.15) is 0 Å². The van der Waals surface area contributed by atoms with Crippen LogP contribution in [0.2, 0.25) is 0 Å². The van der Waals surface area contributed by atoms with Gasteiger partial charge in [-0.1, -0.05) is 13.3 Å². The lowest BCUT2D eigenvalue weighted by molar-refractivity contribution is -0.123. The molecule has 3 N–H and O–H groups in total. The summed E-state index contributed by atoms with van der Waals surface area (Å²) in [6.45, 7) is 3.90. The summed E-state index contributed by atoms with van der Waals surface area (Å²) in [4.78, 5) is 11.5. The molecule has 0 heterocycles. The van der Waals surface area contributed by atoms with E-state index in [1.807, 2.05) is 13.8 Å². The van der Waals surface area contributed by atoms with Crippen LogP contribution in [0.15, 0.2) is 0 Å². The average molecular weight is 234 g/mol. The van der Waals surface area contributed by atoms with E-state index in [4.69, 9.17) is 5.73 Å². The van der Waals surface area contributed by atoms with Crippen molar-refractivity contribution in [2.75, 3.05) is 12.0 Å². The van der Waals surface area contributed by atoms with Crippen molar-refractivity contribution in [2.45, 2.75) is 45.2 Å². The third-order valence-corrected chi connectivity index (χ3v) is 2.97. The summed E-state index contributed by atoms with van der Waals surface area (Å²) in [6.07, 6.45) is 4.01. The van der Waals surface area contributed by atoms with E-state index in [-0.39, 0.29) is 11.9 Å². The van der Waals surface area contributed by atoms with E-state index in [9.17, 15) is 9.00 Å². The molecule has 3 unspecified atom stereocenters. The van der Waals surface area contributed by atoms with E-state index >= 15 is 0 Å². The van der Waals surface area contributed by atoms with E-state index in [0.717, 1.165) is 12.8 Å². The number of nitrogens with two attached hydrogens (primary N) is 1. The zero-order valence-electron chi connectivity index (χ0n) is 9.79. The molecule has 0 saturated heterocycles. The van der Waals surface area contributed by atoms with Gasteiger partial charge < -0.3 is 11.1 Å². The minimum Gasteiger partial charge on any atom is -0.352 e.